The number of carbonyl (C=O) groups is 2. The number of urea groups is 1. The van der Waals surface area contributed by atoms with Crippen LogP contribution in [0.2, 0.25) is 10.0 Å². The molecule has 1 aromatic carbocycles. The zero-order valence-electron chi connectivity index (χ0n) is 8.90. The first-order chi connectivity index (χ1) is 8.43. The van der Waals surface area contributed by atoms with Gasteiger partial charge < -0.3 is 5.32 Å². The lowest BCUT2D eigenvalue weighted by Gasteiger charge is -2.09. The lowest BCUT2D eigenvalue weighted by Crippen LogP contribution is -2.34. The molecule has 1 rings (SSSR count). The van der Waals surface area contributed by atoms with Crippen LogP contribution in [0.25, 0.3) is 0 Å². The minimum Gasteiger partial charge on any atom is -0.305 e. The quantitative estimate of drug-likeness (QED) is 0.840. The molecular weight excluding hydrogens is 305 g/mol. The molecule has 0 bridgehead atoms. The van der Waals surface area contributed by atoms with Gasteiger partial charge in [0.1, 0.15) is 5.82 Å². The van der Waals surface area contributed by atoms with Gasteiger partial charge in [-0.2, -0.15) is 0 Å². The van der Waals surface area contributed by atoms with E-state index in [9.17, 15) is 14.0 Å². The fraction of sp³-hybridized carbons (Fsp3) is 0.200. The molecule has 3 amide bonds. The Morgan fingerprint density at radius 3 is 2.28 bits per heavy atom. The molecule has 0 atom stereocenters. The molecule has 0 aliphatic heterocycles. The van der Waals surface area contributed by atoms with Gasteiger partial charge in [-0.1, -0.05) is 23.2 Å². The van der Waals surface area contributed by atoms with Crippen LogP contribution >= 0.6 is 34.8 Å². The number of alkyl halides is 1. The van der Waals surface area contributed by atoms with Gasteiger partial charge in [0.05, 0.1) is 15.7 Å². The number of imide groups is 1. The number of nitrogens with one attached hydrogen (secondary N) is 2. The molecule has 0 saturated heterocycles. The van der Waals surface area contributed by atoms with Crippen molar-refractivity contribution in [2.24, 2.45) is 0 Å². The van der Waals surface area contributed by atoms with Gasteiger partial charge in [0.2, 0.25) is 5.91 Å². The molecule has 0 aromatic heterocycles. The van der Waals surface area contributed by atoms with Crippen molar-refractivity contribution in [3.05, 3.63) is 28.0 Å². The normalized spacial score (nSPS) is 10.0. The predicted octanol–water partition coefficient (Wildman–Crippen LogP) is 3.41. The fourth-order valence-corrected chi connectivity index (χ4v) is 1.81. The van der Waals surface area contributed by atoms with E-state index >= 15 is 0 Å². The Balaban J connectivity index is 2.73. The topological polar surface area (TPSA) is 58.2 Å². The Kier molecular flexibility index (Phi) is 5.65. The van der Waals surface area contributed by atoms with Gasteiger partial charge in [0.25, 0.3) is 0 Å². The minimum absolute atomic E-state index is 0.000141. The summed E-state index contributed by atoms with van der Waals surface area (Å²) in [5.74, 6) is -1.08. The molecule has 0 aliphatic rings. The van der Waals surface area contributed by atoms with E-state index in [1.807, 2.05) is 5.32 Å². The van der Waals surface area contributed by atoms with Crippen molar-refractivity contribution in [1.29, 1.82) is 0 Å². The standard InChI is InChI=1S/C10H8Cl3FN2O2/c11-2-1-8(17)15-10(18)16-9-6(12)3-5(14)4-7(9)13/h3-4H,1-2H2,(H2,15,16,17,18). The highest BCUT2D eigenvalue weighted by Gasteiger charge is 2.13. The zero-order valence-corrected chi connectivity index (χ0v) is 11.2. The molecule has 1 aromatic rings. The number of carbonyl (C=O) groups excluding carboxylic acids is 2. The van der Waals surface area contributed by atoms with Gasteiger partial charge in [0, 0.05) is 12.3 Å². The lowest BCUT2D eigenvalue weighted by molar-refractivity contribution is -0.119. The first kappa shape index (κ1) is 15.0. The summed E-state index contributed by atoms with van der Waals surface area (Å²) in [6.45, 7) is 0. The van der Waals surface area contributed by atoms with Crippen LogP contribution in [0.3, 0.4) is 0 Å². The maximum absolute atomic E-state index is 12.9. The molecular formula is C10H8Cl3FN2O2. The monoisotopic (exact) mass is 312 g/mol. The van der Waals surface area contributed by atoms with E-state index in [1.165, 1.54) is 0 Å². The summed E-state index contributed by atoms with van der Waals surface area (Å²) in [7, 11) is 0. The molecule has 0 radical (unpaired) electrons. The molecule has 0 spiro atoms. The molecule has 0 unspecified atom stereocenters. The molecule has 98 valence electrons. The maximum Gasteiger partial charge on any atom is 0.325 e. The number of anilines is 1. The largest absolute Gasteiger partial charge is 0.325 e. The van der Waals surface area contributed by atoms with E-state index in [4.69, 9.17) is 34.8 Å². The van der Waals surface area contributed by atoms with E-state index in [2.05, 4.69) is 5.32 Å². The van der Waals surface area contributed by atoms with Crippen LogP contribution in [0.1, 0.15) is 6.42 Å². The van der Waals surface area contributed by atoms with Crippen molar-refractivity contribution in [3.8, 4) is 0 Å². The van der Waals surface area contributed by atoms with Gasteiger partial charge in [-0.15, -0.1) is 11.6 Å². The summed E-state index contributed by atoms with van der Waals surface area (Å²) >= 11 is 16.7. The number of halogens is 4. The van der Waals surface area contributed by atoms with Gasteiger partial charge in [-0.05, 0) is 12.1 Å². The Hall–Kier alpha value is -1.04. The number of hydrogen-bond donors (Lipinski definition) is 2. The van der Waals surface area contributed by atoms with Crippen LogP contribution < -0.4 is 10.6 Å². The average molecular weight is 314 g/mol. The average Bonchev–Trinajstić information content (AvgIpc) is 2.23. The highest BCUT2D eigenvalue weighted by atomic mass is 35.5. The Morgan fingerprint density at radius 1 is 1.22 bits per heavy atom. The summed E-state index contributed by atoms with van der Waals surface area (Å²) in [5.41, 5.74) is 0.0240. The summed E-state index contributed by atoms with van der Waals surface area (Å²) < 4.78 is 12.9. The van der Waals surface area contributed by atoms with Gasteiger partial charge in [-0.25, -0.2) is 9.18 Å². The van der Waals surface area contributed by atoms with Crippen molar-refractivity contribution < 1.29 is 14.0 Å². The van der Waals surface area contributed by atoms with Crippen LogP contribution in [-0.2, 0) is 4.79 Å². The summed E-state index contributed by atoms with van der Waals surface area (Å²) in [6.07, 6.45) is -0.000141. The predicted molar refractivity (Wildman–Crippen MR) is 68.9 cm³/mol. The zero-order chi connectivity index (χ0) is 13.7. The van der Waals surface area contributed by atoms with E-state index in [0.29, 0.717) is 0 Å². The molecule has 0 saturated carbocycles. The van der Waals surface area contributed by atoms with Crippen molar-refractivity contribution in [2.75, 3.05) is 11.2 Å². The van der Waals surface area contributed by atoms with Gasteiger partial charge in [0.15, 0.2) is 0 Å². The van der Waals surface area contributed by atoms with Crippen LogP contribution in [0.5, 0.6) is 0 Å². The Labute approximate surface area is 117 Å². The van der Waals surface area contributed by atoms with E-state index in [-0.39, 0.29) is 28.0 Å². The van der Waals surface area contributed by atoms with Crippen molar-refractivity contribution in [3.63, 3.8) is 0 Å². The molecule has 0 aliphatic carbocycles. The van der Waals surface area contributed by atoms with E-state index in [1.54, 1.807) is 0 Å². The molecule has 8 heteroatoms. The minimum atomic E-state index is -0.819. The van der Waals surface area contributed by atoms with Crippen molar-refractivity contribution >= 4 is 52.4 Å². The Morgan fingerprint density at radius 2 is 1.78 bits per heavy atom. The summed E-state index contributed by atoms with van der Waals surface area (Å²) in [6, 6.07) is 1.16. The molecule has 18 heavy (non-hydrogen) atoms. The highest BCUT2D eigenvalue weighted by Crippen LogP contribution is 2.31. The summed E-state index contributed by atoms with van der Waals surface area (Å²) in [4.78, 5) is 22.5. The Bertz CT molecular complexity index is 459. The second-order valence-corrected chi connectivity index (χ2v) is 4.38. The fourth-order valence-electron chi connectivity index (χ4n) is 1.08. The molecule has 0 heterocycles. The number of hydrogen-bond acceptors (Lipinski definition) is 2. The van der Waals surface area contributed by atoms with E-state index < -0.39 is 17.8 Å². The van der Waals surface area contributed by atoms with Crippen molar-refractivity contribution in [2.45, 2.75) is 6.42 Å². The van der Waals surface area contributed by atoms with Gasteiger partial charge in [-0.3, -0.25) is 10.1 Å². The smallest absolute Gasteiger partial charge is 0.305 e. The highest BCUT2D eigenvalue weighted by molar-refractivity contribution is 6.39. The molecule has 4 nitrogen and oxygen atoms in total. The number of rotatable bonds is 3. The van der Waals surface area contributed by atoms with Crippen LogP contribution in [0.15, 0.2) is 12.1 Å². The van der Waals surface area contributed by atoms with Crippen molar-refractivity contribution in [1.82, 2.24) is 5.32 Å². The molecule has 0 fully saturated rings. The third-order valence-corrected chi connectivity index (χ3v) is 2.61. The second-order valence-electron chi connectivity index (χ2n) is 3.19. The third-order valence-electron chi connectivity index (χ3n) is 1.82. The number of amides is 3. The maximum atomic E-state index is 12.9. The van der Waals surface area contributed by atoms with E-state index in [0.717, 1.165) is 12.1 Å². The second kappa shape index (κ2) is 6.78. The van der Waals surface area contributed by atoms with Crippen LogP contribution in [0, 0.1) is 5.82 Å². The lowest BCUT2D eigenvalue weighted by atomic mass is 10.3. The first-order valence-electron chi connectivity index (χ1n) is 4.75. The van der Waals surface area contributed by atoms with Gasteiger partial charge >= 0.3 is 6.03 Å². The SMILES string of the molecule is O=C(CCCl)NC(=O)Nc1c(Cl)cc(F)cc1Cl. The first-order valence-corrected chi connectivity index (χ1v) is 6.04. The van der Waals surface area contributed by atoms with Crippen LogP contribution in [0.4, 0.5) is 14.9 Å². The number of benzene rings is 1. The molecule has 2 N–H and O–H groups in total. The summed E-state index contributed by atoms with van der Waals surface area (Å²) in [5, 5.41) is 4.13. The van der Waals surface area contributed by atoms with Crippen LogP contribution in [-0.4, -0.2) is 17.8 Å². The third kappa shape index (κ3) is 4.33.